The number of rotatable bonds is 2. The van der Waals surface area contributed by atoms with Gasteiger partial charge in [-0.25, -0.2) is 0 Å². The molecule has 3 aliphatic carbocycles. The van der Waals surface area contributed by atoms with Crippen LogP contribution < -0.4 is 20.6 Å². The summed E-state index contributed by atoms with van der Waals surface area (Å²) < 4.78 is 2.70. The van der Waals surface area contributed by atoms with E-state index >= 15 is 0 Å². The molecule has 0 N–H and O–H groups in total. The quantitative estimate of drug-likeness (QED) is 0.160. The van der Waals surface area contributed by atoms with Gasteiger partial charge in [-0.15, -0.1) is 0 Å². The molecular formula is C67H64BN3. The maximum atomic E-state index is 2.89. The Morgan fingerprint density at radius 3 is 1.97 bits per heavy atom. The largest absolute Gasteiger partial charge is 0.376 e. The van der Waals surface area contributed by atoms with E-state index in [9.17, 15) is 0 Å². The number of para-hydroxylation sites is 1. The monoisotopic (exact) mass is 922 g/mol. The van der Waals surface area contributed by atoms with Crippen LogP contribution in [0.5, 0.6) is 0 Å². The fourth-order valence-electron chi connectivity index (χ4n) is 15.9. The van der Waals surface area contributed by atoms with Crippen molar-refractivity contribution in [1.82, 2.24) is 4.57 Å². The lowest BCUT2D eigenvalue weighted by molar-refractivity contribution is 0.195. The van der Waals surface area contributed by atoms with Crippen molar-refractivity contribution < 1.29 is 0 Å². The molecule has 71 heavy (non-hydrogen) atoms. The van der Waals surface area contributed by atoms with E-state index in [-0.39, 0.29) is 34.0 Å². The van der Waals surface area contributed by atoms with Crippen LogP contribution in [0.2, 0.25) is 0 Å². The Kier molecular flexibility index (Phi) is 8.02. The Hall–Kier alpha value is -6.52. The molecule has 4 heterocycles. The highest BCUT2D eigenvalue weighted by Crippen LogP contribution is 2.64. The summed E-state index contributed by atoms with van der Waals surface area (Å²) in [7, 11) is 0. The van der Waals surface area contributed by atoms with Gasteiger partial charge in [-0.2, -0.15) is 0 Å². The fraction of sp³-hybridized carbons (Fsp3) is 0.313. The molecule has 0 saturated heterocycles. The topological polar surface area (TPSA) is 11.4 Å². The van der Waals surface area contributed by atoms with Gasteiger partial charge in [0.15, 0.2) is 0 Å². The third-order valence-electron chi connectivity index (χ3n) is 20.1. The van der Waals surface area contributed by atoms with E-state index in [2.05, 4.69) is 217 Å². The summed E-state index contributed by atoms with van der Waals surface area (Å²) in [5.41, 5.74) is 27.5. The van der Waals surface area contributed by atoms with Crippen molar-refractivity contribution in [3.05, 3.63) is 172 Å². The highest BCUT2D eigenvalue weighted by Gasteiger charge is 2.58. The normalized spacial score (nSPS) is 22.3. The zero-order chi connectivity index (χ0) is 48.5. The van der Waals surface area contributed by atoms with Crippen molar-refractivity contribution in [2.75, 3.05) is 9.71 Å². The van der Waals surface area contributed by atoms with Crippen molar-refractivity contribution in [2.24, 2.45) is 0 Å². The fourth-order valence-corrected chi connectivity index (χ4v) is 15.9. The molecule has 0 bridgehead atoms. The van der Waals surface area contributed by atoms with Crippen molar-refractivity contribution in [1.29, 1.82) is 0 Å². The van der Waals surface area contributed by atoms with Crippen molar-refractivity contribution in [3.63, 3.8) is 0 Å². The summed E-state index contributed by atoms with van der Waals surface area (Å²) in [6.45, 7) is 24.6. The lowest BCUT2D eigenvalue weighted by Gasteiger charge is -2.51. The number of hydrogen-bond acceptors (Lipinski definition) is 2. The van der Waals surface area contributed by atoms with Gasteiger partial charge in [-0.1, -0.05) is 151 Å². The molecule has 3 aliphatic heterocycles. The van der Waals surface area contributed by atoms with Crippen LogP contribution in [0.1, 0.15) is 133 Å². The summed E-state index contributed by atoms with van der Waals surface area (Å²) in [5, 5.41) is 5.36. The summed E-state index contributed by atoms with van der Waals surface area (Å²) in [6.07, 6.45) is 7.25. The average molecular weight is 922 g/mol. The molecule has 1 saturated carbocycles. The summed E-state index contributed by atoms with van der Waals surface area (Å²) >= 11 is 0. The predicted molar refractivity (Wildman–Crippen MR) is 302 cm³/mol. The Bertz CT molecular complexity index is 3880. The molecule has 3 nitrogen and oxygen atoms in total. The number of fused-ring (bicyclic) bond motifs is 17. The maximum Gasteiger partial charge on any atom is 0.333 e. The van der Waals surface area contributed by atoms with Crippen LogP contribution in [0.4, 0.5) is 22.7 Å². The van der Waals surface area contributed by atoms with Gasteiger partial charge in [-0.3, -0.25) is 0 Å². The smallest absolute Gasteiger partial charge is 0.333 e. The zero-order valence-electron chi connectivity index (χ0n) is 43.4. The van der Waals surface area contributed by atoms with Gasteiger partial charge in [0.2, 0.25) is 0 Å². The third kappa shape index (κ3) is 5.12. The minimum atomic E-state index is -0.186. The van der Waals surface area contributed by atoms with Crippen LogP contribution in [-0.2, 0) is 21.7 Å². The first-order valence-corrected chi connectivity index (χ1v) is 26.8. The first-order chi connectivity index (χ1) is 34.0. The Morgan fingerprint density at radius 1 is 0.479 bits per heavy atom. The average Bonchev–Trinajstić information content (AvgIpc) is 3.91. The number of benzene rings is 8. The van der Waals surface area contributed by atoms with Crippen LogP contribution in [0.25, 0.3) is 60.5 Å². The van der Waals surface area contributed by atoms with E-state index in [1.54, 1.807) is 5.56 Å². The Morgan fingerprint density at radius 2 is 1.17 bits per heavy atom. The van der Waals surface area contributed by atoms with Crippen molar-refractivity contribution in [3.8, 4) is 27.9 Å². The SMILES string of the molecule is Cc1ccc(N2B3c4cc(C)ccc4-n4c5ccc6ccccc6c5c5c(N6c7ccccc7C7(C)CCCCC67C)cc(c3c54)-c3cc4c(cc32)C(C)(C)c2cc3c(cc2-4)C(C)(C)CCC3(C)C)cc1. The lowest BCUT2D eigenvalue weighted by Crippen LogP contribution is -2.61. The zero-order valence-corrected chi connectivity index (χ0v) is 43.4. The molecule has 0 radical (unpaired) electrons. The first kappa shape index (κ1) is 42.2. The highest BCUT2D eigenvalue weighted by molar-refractivity contribution is 6.94. The molecule has 4 heteroatoms. The van der Waals surface area contributed by atoms with Crippen LogP contribution >= 0.6 is 0 Å². The second kappa shape index (κ2) is 13.5. The second-order valence-electron chi connectivity index (χ2n) is 25.2. The van der Waals surface area contributed by atoms with Gasteiger partial charge >= 0.3 is 6.85 Å². The molecule has 9 aromatic rings. The van der Waals surface area contributed by atoms with Crippen LogP contribution in [-0.4, -0.2) is 17.0 Å². The van der Waals surface area contributed by atoms with Crippen molar-refractivity contribution in [2.45, 2.75) is 135 Å². The number of nitrogens with zero attached hydrogens (tertiary/aromatic N) is 3. The molecular weight excluding hydrogens is 858 g/mol. The second-order valence-corrected chi connectivity index (χ2v) is 25.2. The van der Waals surface area contributed by atoms with E-state index in [0.29, 0.717) is 0 Å². The van der Waals surface area contributed by atoms with Gasteiger partial charge in [0.1, 0.15) is 0 Å². The molecule has 6 aliphatic rings. The maximum absolute atomic E-state index is 2.89. The van der Waals surface area contributed by atoms with E-state index in [1.165, 1.54) is 160 Å². The molecule has 0 spiro atoms. The number of anilines is 4. The Balaban J connectivity index is 1.14. The van der Waals surface area contributed by atoms with Crippen molar-refractivity contribution >= 4 is 73.1 Å². The lowest BCUT2D eigenvalue weighted by atomic mass is 9.43. The predicted octanol–water partition coefficient (Wildman–Crippen LogP) is 16.2. The minimum absolute atomic E-state index is 0.00593. The number of aryl methyl sites for hydroxylation is 2. The van der Waals surface area contributed by atoms with E-state index < -0.39 is 0 Å². The van der Waals surface area contributed by atoms with E-state index in [1.807, 2.05) is 0 Å². The third-order valence-corrected chi connectivity index (χ3v) is 20.1. The van der Waals surface area contributed by atoms with Gasteiger partial charge in [0.05, 0.1) is 22.3 Å². The molecule has 2 unspecified atom stereocenters. The van der Waals surface area contributed by atoms with Gasteiger partial charge in [0, 0.05) is 49.9 Å². The van der Waals surface area contributed by atoms with Gasteiger partial charge < -0.3 is 14.3 Å². The first-order valence-electron chi connectivity index (χ1n) is 26.8. The molecule has 1 fully saturated rings. The molecule has 350 valence electrons. The number of aromatic nitrogens is 1. The minimum Gasteiger partial charge on any atom is -0.376 e. The van der Waals surface area contributed by atoms with Gasteiger partial charge in [-0.05, 0) is 178 Å². The van der Waals surface area contributed by atoms with Crippen LogP contribution in [0.3, 0.4) is 0 Å². The summed E-state index contributed by atoms with van der Waals surface area (Å²) in [6, 6.07) is 53.5. The molecule has 1 aromatic heterocycles. The Labute approximate surface area is 420 Å². The van der Waals surface area contributed by atoms with Crippen LogP contribution in [0, 0.1) is 13.8 Å². The number of hydrogen-bond donors (Lipinski definition) is 0. The van der Waals surface area contributed by atoms with Gasteiger partial charge in [0.25, 0.3) is 0 Å². The molecule has 0 amide bonds. The van der Waals surface area contributed by atoms with Crippen LogP contribution in [0.15, 0.2) is 133 Å². The summed E-state index contributed by atoms with van der Waals surface area (Å²) in [5.74, 6) is 0. The summed E-state index contributed by atoms with van der Waals surface area (Å²) in [4.78, 5) is 5.64. The van der Waals surface area contributed by atoms with E-state index in [4.69, 9.17) is 0 Å². The molecule has 8 aromatic carbocycles. The molecule has 15 rings (SSSR count). The highest BCUT2D eigenvalue weighted by atomic mass is 15.3. The van der Waals surface area contributed by atoms with E-state index in [0.717, 1.165) is 6.42 Å². The molecule has 2 atom stereocenters. The standard InChI is InChI=1S/C67H64BN3/c1-39-21-25-42(26-22-39)71-57-38-50-44(45-35-51-52(37-49(45)65(50,7)8)64(5,6)32-31-63(51,3)4)34-46(57)47-36-58(70-54-20-14-13-19-48(54)66(9)29-15-16-30-67(66,70)10)60-59-43-18-12-11-17-41(43)24-28-56(59)69-55-27-23-40(2)33-53(55)68(71)61(47)62(60)69/h11-14,17-28,33-38H,15-16,29-32H2,1-10H3.